The van der Waals surface area contributed by atoms with Crippen LogP contribution in [0.4, 0.5) is 4.39 Å². The zero-order chi connectivity index (χ0) is 14.8. The van der Waals surface area contributed by atoms with Crippen molar-refractivity contribution in [3.05, 3.63) is 29.6 Å². The molecule has 2 fully saturated rings. The number of carbonyl (C=O) groups is 1. The Morgan fingerprint density at radius 3 is 3.10 bits per heavy atom. The number of carbonyl (C=O) groups excluding carboxylic acids is 1. The first-order valence-electron chi connectivity index (χ1n) is 7.62. The van der Waals surface area contributed by atoms with Crippen LogP contribution in [0.2, 0.25) is 0 Å². The van der Waals surface area contributed by atoms with Gasteiger partial charge in [0.1, 0.15) is 0 Å². The van der Waals surface area contributed by atoms with E-state index >= 15 is 0 Å². The van der Waals surface area contributed by atoms with E-state index in [2.05, 4.69) is 10.2 Å². The molecule has 2 heterocycles. The SMILES string of the molecule is CCOc1ccc(CN2CCC[C@H]3C(=O)NC[C@H]32)cc1F. The van der Waals surface area contributed by atoms with Gasteiger partial charge in [0.25, 0.3) is 0 Å². The van der Waals surface area contributed by atoms with Gasteiger partial charge in [-0.2, -0.15) is 0 Å². The minimum atomic E-state index is -0.316. The lowest BCUT2D eigenvalue weighted by atomic mass is 9.91. The van der Waals surface area contributed by atoms with Crippen LogP contribution in [-0.2, 0) is 11.3 Å². The van der Waals surface area contributed by atoms with E-state index in [0.29, 0.717) is 25.4 Å². The van der Waals surface area contributed by atoms with Crippen LogP contribution >= 0.6 is 0 Å². The van der Waals surface area contributed by atoms with E-state index in [-0.39, 0.29) is 23.7 Å². The largest absolute Gasteiger partial charge is 0.491 e. The summed E-state index contributed by atoms with van der Waals surface area (Å²) in [6.45, 7) is 4.65. The fourth-order valence-electron chi connectivity index (χ4n) is 3.39. The molecule has 3 rings (SSSR count). The van der Waals surface area contributed by atoms with Crippen LogP contribution in [0.5, 0.6) is 5.75 Å². The second-order valence-corrected chi connectivity index (χ2v) is 5.73. The lowest BCUT2D eigenvalue weighted by Crippen LogP contribution is -2.44. The van der Waals surface area contributed by atoms with Crippen molar-refractivity contribution in [2.45, 2.75) is 32.4 Å². The number of benzene rings is 1. The number of nitrogens with one attached hydrogen (secondary N) is 1. The molecule has 0 unspecified atom stereocenters. The standard InChI is InChI=1S/C16H21FN2O2/c1-2-21-15-6-5-11(8-13(15)17)10-19-7-3-4-12-14(19)9-18-16(12)20/h5-6,8,12,14H,2-4,7,9-10H2,1H3,(H,18,20)/t12-,14-/m1/s1. The van der Waals surface area contributed by atoms with E-state index < -0.39 is 0 Å². The predicted octanol–water partition coefficient (Wildman–Crippen LogP) is 1.93. The smallest absolute Gasteiger partial charge is 0.224 e. The molecule has 21 heavy (non-hydrogen) atoms. The van der Waals surface area contributed by atoms with E-state index in [4.69, 9.17) is 4.74 Å². The van der Waals surface area contributed by atoms with E-state index in [1.54, 1.807) is 12.1 Å². The number of ether oxygens (including phenoxy) is 1. The van der Waals surface area contributed by atoms with Crippen molar-refractivity contribution in [3.8, 4) is 5.75 Å². The highest BCUT2D eigenvalue weighted by molar-refractivity contribution is 5.82. The number of hydrogen-bond acceptors (Lipinski definition) is 3. The quantitative estimate of drug-likeness (QED) is 0.922. The van der Waals surface area contributed by atoms with Gasteiger partial charge in [-0.3, -0.25) is 9.69 Å². The average Bonchev–Trinajstić information content (AvgIpc) is 2.85. The number of likely N-dealkylation sites (tertiary alicyclic amines) is 1. The van der Waals surface area contributed by atoms with Crippen molar-refractivity contribution in [1.29, 1.82) is 0 Å². The minimum Gasteiger partial charge on any atom is -0.491 e. The van der Waals surface area contributed by atoms with E-state index in [1.165, 1.54) is 0 Å². The molecule has 0 bridgehead atoms. The Morgan fingerprint density at radius 2 is 2.33 bits per heavy atom. The molecule has 2 atom stereocenters. The normalized spacial score (nSPS) is 25.5. The Bertz CT molecular complexity index is 535. The Morgan fingerprint density at radius 1 is 1.48 bits per heavy atom. The van der Waals surface area contributed by atoms with Crippen LogP contribution in [0, 0.1) is 11.7 Å². The summed E-state index contributed by atoms with van der Waals surface area (Å²) < 4.78 is 19.1. The van der Waals surface area contributed by atoms with Crippen molar-refractivity contribution < 1.29 is 13.9 Å². The molecule has 5 heteroatoms. The highest BCUT2D eigenvalue weighted by Crippen LogP contribution is 2.29. The molecule has 2 aliphatic heterocycles. The molecule has 0 spiro atoms. The van der Waals surface area contributed by atoms with Gasteiger partial charge in [-0.25, -0.2) is 4.39 Å². The number of piperidine rings is 1. The summed E-state index contributed by atoms with van der Waals surface area (Å²) in [6.07, 6.45) is 1.98. The van der Waals surface area contributed by atoms with E-state index in [1.807, 2.05) is 13.0 Å². The summed E-state index contributed by atoms with van der Waals surface area (Å²) in [6, 6.07) is 5.38. The summed E-state index contributed by atoms with van der Waals surface area (Å²) >= 11 is 0. The van der Waals surface area contributed by atoms with Gasteiger partial charge in [-0.05, 0) is 44.0 Å². The average molecular weight is 292 g/mol. The van der Waals surface area contributed by atoms with Crippen LogP contribution in [0.15, 0.2) is 18.2 Å². The number of nitrogens with zero attached hydrogens (tertiary/aromatic N) is 1. The lowest BCUT2D eigenvalue weighted by molar-refractivity contribution is -0.124. The van der Waals surface area contributed by atoms with Crippen LogP contribution in [0.25, 0.3) is 0 Å². The molecule has 1 amide bonds. The molecule has 1 aromatic carbocycles. The first kappa shape index (κ1) is 14.3. The molecule has 0 radical (unpaired) electrons. The van der Waals surface area contributed by atoms with Crippen LogP contribution in [0.3, 0.4) is 0 Å². The van der Waals surface area contributed by atoms with E-state index in [0.717, 1.165) is 24.9 Å². The van der Waals surface area contributed by atoms with Gasteiger partial charge in [-0.15, -0.1) is 0 Å². The fourth-order valence-corrected chi connectivity index (χ4v) is 3.39. The van der Waals surface area contributed by atoms with Crippen LogP contribution < -0.4 is 10.1 Å². The molecule has 2 saturated heterocycles. The van der Waals surface area contributed by atoms with Gasteiger partial charge in [0, 0.05) is 19.1 Å². The van der Waals surface area contributed by atoms with Crippen molar-refractivity contribution in [3.63, 3.8) is 0 Å². The Labute approximate surface area is 124 Å². The van der Waals surface area contributed by atoms with Crippen LogP contribution in [0.1, 0.15) is 25.3 Å². The second kappa shape index (κ2) is 6.02. The predicted molar refractivity (Wildman–Crippen MR) is 77.5 cm³/mol. The molecule has 114 valence electrons. The monoisotopic (exact) mass is 292 g/mol. The molecule has 2 aliphatic rings. The third kappa shape index (κ3) is 2.88. The second-order valence-electron chi connectivity index (χ2n) is 5.73. The molecule has 0 saturated carbocycles. The topological polar surface area (TPSA) is 41.6 Å². The minimum absolute atomic E-state index is 0.103. The fraction of sp³-hybridized carbons (Fsp3) is 0.562. The first-order valence-corrected chi connectivity index (χ1v) is 7.62. The van der Waals surface area contributed by atoms with Gasteiger partial charge >= 0.3 is 0 Å². The van der Waals surface area contributed by atoms with Crippen molar-refractivity contribution in [2.24, 2.45) is 5.92 Å². The number of halogens is 1. The first-order chi connectivity index (χ1) is 10.2. The highest BCUT2D eigenvalue weighted by atomic mass is 19.1. The van der Waals surface area contributed by atoms with Crippen molar-refractivity contribution in [2.75, 3.05) is 19.7 Å². The zero-order valence-electron chi connectivity index (χ0n) is 12.3. The number of fused-ring (bicyclic) bond motifs is 1. The Hall–Kier alpha value is -1.62. The maximum Gasteiger partial charge on any atom is 0.224 e. The third-order valence-electron chi connectivity index (χ3n) is 4.40. The van der Waals surface area contributed by atoms with Crippen LogP contribution in [-0.4, -0.2) is 36.5 Å². The number of amides is 1. The summed E-state index contributed by atoms with van der Waals surface area (Å²) in [5.74, 6) is 0.257. The Balaban J connectivity index is 1.71. The number of rotatable bonds is 4. The van der Waals surface area contributed by atoms with Crippen molar-refractivity contribution >= 4 is 5.91 Å². The third-order valence-corrected chi connectivity index (χ3v) is 4.40. The summed E-state index contributed by atoms with van der Waals surface area (Å²) in [7, 11) is 0. The molecule has 1 aromatic rings. The summed E-state index contributed by atoms with van der Waals surface area (Å²) in [5.41, 5.74) is 0.927. The molecule has 1 N–H and O–H groups in total. The van der Waals surface area contributed by atoms with Gasteiger partial charge in [0.2, 0.25) is 5.91 Å². The summed E-state index contributed by atoms with van der Waals surface area (Å²) in [4.78, 5) is 14.1. The Kier molecular flexibility index (Phi) is 4.10. The molecule has 4 nitrogen and oxygen atoms in total. The molecular formula is C16H21FN2O2. The van der Waals surface area contributed by atoms with E-state index in [9.17, 15) is 9.18 Å². The van der Waals surface area contributed by atoms with Crippen molar-refractivity contribution in [1.82, 2.24) is 10.2 Å². The van der Waals surface area contributed by atoms with Gasteiger partial charge in [0.15, 0.2) is 11.6 Å². The zero-order valence-corrected chi connectivity index (χ0v) is 12.3. The molecule has 0 aliphatic carbocycles. The van der Waals surface area contributed by atoms with Gasteiger partial charge < -0.3 is 10.1 Å². The highest BCUT2D eigenvalue weighted by Gasteiger charge is 2.40. The molecule has 0 aromatic heterocycles. The molecular weight excluding hydrogens is 271 g/mol. The summed E-state index contributed by atoms with van der Waals surface area (Å²) in [5, 5.41) is 2.94. The number of hydrogen-bond donors (Lipinski definition) is 1. The lowest BCUT2D eigenvalue weighted by Gasteiger charge is -2.35. The maximum atomic E-state index is 13.9. The van der Waals surface area contributed by atoms with Gasteiger partial charge in [0.05, 0.1) is 12.5 Å². The maximum absolute atomic E-state index is 13.9. The van der Waals surface area contributed by atoms with Gasteiger partial charge in [-0.1, -0.05) is 6.07 Å².